The summed E-state index contributed by atoms with van der Waals surface area (Å²) in [5, 5.41) is 9.64. The van der Waals surface area contributed by atoms with Gasteiger partial charge in [0.25, 0.3) is 0 Å². The summed E-state index contributed by atoms with van der Waals surface area (Å²) in [7, 11) is -3.10. The van der Waals surface area contributed by atoms with Gasteiger partial charge in [0.05, 0.1) is 28.3 Å². The number of amides is 2. The summed E-state index contributed by atoms with van der Waals surface area (Å²) in [6.45, 7) is 0.0818. The highest BCUT2D eigenvalue weighted by molar-refractivity contribution is 7.91. The molecule has 3 heterocycles. The van der Waals surface area contributed by atoms with Crippen LogP contribution >= 0.6 is 0 Å². The molecule has 138 valence electrons. The van der Waals surface area contributed by atoms with Crippen LogP contribution in [0.15, 0.2) is 18.2 Å². The van der Waals surface area contributed by atoms with Gasteiger partial charge in [0, 0.05) is 19.0 Å². The van der Waals surface area contributed by atoms with Gasteiger partial charge in [0.1, 0.15) is 5.82 Å². The minimum absolute atomic E-state index is 0.0197. The van der Waals surface area contributed by atoms with E-state index in [1.807, 2.05) is 0 Å². The second-order valence-electron chi connectivity index (χ2n) is 6.72. The molecule has 0 bridgehead atoms. The number of anilines is 1. The van der Waals surface area contributed by atoms with Crippen LogP contribution in [0.1, 0.15) is 12.8 Å². The maximum Gasteiger partial charge on any atom is 0.229 e. The lowest BCUT2D eigenvalue weighted by molar-refractivity contribution is -0.126. The summed E-state index contributed by atoms with van der Waals surface area (Å²) in [5.74, 6) is -1.64. The molecule has 1 aromatic carbocycles. The van der Waals surface area contributed by atoms with Crippen molar-refractivity contribution >= 4 is 38.4 Å². The third kappa shape index (κ3) is 2.94. The fourth-order valence-electron chi connectivity index (χ4n) is 3.52. The summed E-state index contributed by atoms with van der Waals surface area (Å²) in [5.41, 5.74) is 0.469. The van der Waals surface area contributed by atoms with Crippen molar-refractivity contribution in [2.45, 2.75) is 18.9 Å². The number of carbonyl (C=O) groups is 2. The van der Waals surface area contributed by atoms with Crippen LogP contribution in [-0.2, 0) is 19.4 Å². The monoisotopic (exact) mass is 380 g/mol. The second kappa shape index (κ2) is 6.04. The Labute approximate surface area is 148 Å². The molecule has 0 aliphatic carbocycles. The summed E-state index contributed by atoms with van der Waals surface area (Å²) >= 11 is 0. The van der Waals surface area contributed by atoms with Crippen molar-refractivity contribution in [2.24, 2.45) is 5.92 Å². The first kappa shape index (κ1) is 17.0. The molecule has 1 aromatic heterocycles. The second-order valence-corrected chi connectivity index (χ2v) is 8.95. The summed E-state index contributed by atoms with van der Waals surface area (Å²) in [6.07, 6.45) is 0.363. The van der Waals surface area contributed by atoms with Crippen LogP contribution in [0.2, 0.25) is 0 Å². The van der Waals surface area contributed by atoms with E-state index in [4.69, 9.17) is 0 Å². The molecule has 2 aliphatic rings. The van der Waals surface area contributed by atoms with E-state index in [1.165, 1.54) is 17.0 Å². The van der Waals surface area contributed by atoms with Gasteiger partial charge < -0.3 is 5.32 Å². The van der Waals surface area contributed by atoms with E-state index in [1.54, 1.807) is 6.07 Å². The zero-order valence-electron chi connectivity index (χ0n) is 13.7. The van der Waals surface area contributed by atoms with Crippen LogP contribution in [0.3, 0.4) is 0 Å². The topological polar surface area (TPSA) is 112 Å². The van der Waals surface area contributed by atoms with Gasteiger partial charge in [0.15, 0.2) is 15.7 Å². The van der Waals surface area contributed by atoms with Crippen LogP contribution in [0.4, 0.5) is 10.2 Å². The van der Waals surface area contributed by atoms with Gasteiger partial charge in [-0.25, -0.2) is 12.8 Å². The summed E-state index contributed by atoms with van der Waals surface area (Å²) in [4.78, 5) is 26.1. The van der Waals surface area contributed by atoms with Crippen LogP contribution in [0, 0.1) is 11.7 Å². The van der Waals surface area contributed by atoms with Crippen molar-refractivity contribution in [1.29, 1.82) is 0 Å². The number of aromatic nitrogens is 2. The normalized spacial score (nSPS) is 25.1. The van der Waals surface area contributed by atoms with Crippen LogP contribution in [0.5, 0.6) is 0 Å². The molecule has 2 fully saturated rings. The number of nitrogens with zero attached hydrogens (tertiary/aromatic N) is 2. The van der Waals surface area contributed by atoms with Crippen molar-refractivity contribution in [3.8, 4) is 0 Å². The number of halogens is 1. The molecular formula is C16H17FN4O4S. The van der Waals surface area contributed by atoms with Crippen LogP contribution in [0.25, 0.3) is 10.9 Å². The van der Waals surface area contributed by atoms with E-state index < -0.39 is 27.6 Å². The number of rotatable bonds is 3. The van der Waals surface area contributed by atoms with E-state index in [0.29, 0.717) is 11.9 Å². The highest BCUT2D eigenvalue weighted by Gasteiger charge is 2.39. The molecule has 0 radical (unpaired) electrons. The molecule has 10 heteroatoms. The molecule has 26 heavy (non-hydrogen) atoms. The number of nitrogens with one attached hydrogen (secondary N) is 2. The Kier molecular flexibility index (Phi) is 3.94. The fourth-order valence-corrected chi connectivity index (χ4v) is 5.20. The lowest BCUT2D eigenvalue weighted by atomic mass is 10.1. The quantitative estimate of drug-likeness (QED) is 0.798. The molecule has 2 aliphatic heterocycles. The van der Waals surface area contributed by atoms with Gasteiger partial charge in [-0.1, -0.05) is 6.07 Å². The molecule has 2 aromatic rings. The molecule has 2 atom stereocenters. The van der Waals surface area contributed by atoms with E-state index in [9.17, 15) is 22.4 Å². The Bertz CT molecular complexity index is 1000. The SMILES string of the molecule is O=C(N[C@H]1CCS(=O)(=O)C1)[C@H]1CC(=O)N(c2n[nH]c3cccc(F)c23)C1. The van der Waals surface area contributed by atoms with Crippen molar-refractivity contribution in [3.05, 3.63) is 24.0 Å². The Morgan fingerprint density at radius 2 is 2.19 bits per heavy atom. The molecular weight excluding hydrogens is 363 g/mol. The number of carbonyl (C=O) groups excluding carboxylic acids is 2. The average molecular weight is 380 g/mol. The van der Waals surface area contributed by atoms with Crippen molar-refractivity contribution in [2.75, 3.05) is 23.0 Å². The first-order chi connectivity index (χ1) is 12.3. The molecule has 8 nitrogen and oxygen atoms in total. The van der Waals surface area contributed by atoms with Crippen LogP contribution < -0.4 is 10.2 Å². The van der Waals surface area contributed by atoms with Crippen molar-refractivity contribution in [1.82, 2.24) is 15.5 Å². The molecule has 2 N–H and O–H groups in total. The summed E-state index contributed by atoms with van der Waals surface area (Å²) in [6, 6.07) is 4.06. The largest absolute Gasteiger partial charge is 0.352 e. The Morgan fingerprint density at radius 1 is 1.38 bits per heavy atom. The zero-order chi connectivity index (χ0) is 18.5. The standard InChI is InChI=1S/C16H17FN4O4S/c17-11-2-1-3-12-14(11)15(20-19-12)21-7-9(6-13(21)22)16(23)18-10-4-5-26(24,25)8-10/h1-3,9-10H,4-8H2,(H,18,23)(H,19,20)/t9-,10-/m0/s1. The van der Waals surface area contributed by atoms with E-state index in [0.717, 1.165) is 0 Å². The average Bonchev–Trinajstić information content (AvgIpc) is 3.25. The predicted octanol–water partition coefficient (Wildman–Crippen LogP) is 0.358. The number of fused-ring (bicyclic) bond motifs is 1. The number of H-pyrrole nitrogens is 1. The molecule has 4 rings (SSSR count). The highest BCUT2D eigenvalue weighted by atomic mass is 32.2. The Hall–Kier alpha value is -2.49. The van der Waals surface area contributed by atoms with E-state index in [-0.39, 0.29) is 47.5 Å². The van der Waals surface area contributed by atoms with Gasteiger partial charge in [0.2, 0.25) is 11.8 Å². The predicted molar refractivity (Wildman–Crippen MR) is 91.7 cm³/mol. The molecule has 0 saturated carbocycles. The third-order valence-electron chi connectivity index (χ3n) is 4.85. The first-order valence-corrected chi connectivity index (χ1v) is 10.1. The molecule has 2 saturated heterocycles. The number of hydrogen-bond acceptors (Lipinski definition) is 5. The first-order valence-electron chi connectivity index (χ1n) is 8.28. The Morgan fingerprint density at radius 3 is 2.92 bits per heavy atom. The van der Waals surface area contributed by atoms with Crippen LogP contribution in [-0.4, -0.2) is 54.5 Å². The van der Waals surface area contributed by atoms with E-state index >= 15 is 0 Å². The minimum Gasteiger partial charge on any atom is -0.352 e. The molecule has 0 unspecified atom stereocenters. The zero-order valence-corrected chi connectivity index (χ0v) is 14.6. The van der Waals surface area contributed by atoms with Gasteiger partial charge in [-0.2, -0.15) is 5.10 Å². The fraction of sp³-hybridized carbons (Fsp3) is 0.438. The Balaban J connectivity index is 1.51. The lowest BCUT2D eigenvalue weighted by Gasteiger charge is -2.16. The number of aromatic amines is 1. The van der Waals surface area contributed by atoms with Gasteiger partial charge in [-0.05, 0) is 18.6 Å². The van der Waals surface area contributed by atoms with Crippen molar-refractivity contribution < 1.29 is 22.4 Å². The number of benzene rings is 1. The lowest BCUT2D eigenvalue weighted by Crippen LogP contribution is -2.40. The number of sulfone groups is 1. The van der Waals surface area contributed by atoms with E-state index in [2.05, 4.69) is 15.5 Å². The molecule has 0 spiro atoms. The van der Waals surface area contributed by atoms with Crippen molar-refractivity contribution in [3.63, 3.8) is 0 Å². The highest BCUT2D eigenvalue weighted by Crippen LogP contribution is 2.31. The minimum atomic E-state index is -3.10. The maximum atomic E-state index is 14.1. The number of hydrogen-bond donors (Lipinski definition) is 2. The maximum absolute atomic E-state index is 14.1. The van der Waals surface area contributed by atoms with Gasteiger partial charge in [-0.15, -0.1) is 0 Å². The van der Waals surface area contributed by atoms with Gasteiger partial charge >= 0.3 is 0 Å². The third-order valence-corrected chi connectivity index (χ3v) is 6.62. The smallest absolute Gasteiger partial charge is 0.229 e. The van der Waals surface area contributed by atoms with Gasteiger partial charge in [-0.3, -0.25) is 19.6 Å². The molecule has 2 amide bonds. The summed E-state index contributed by atoms with van der Waals surface area (Å²) < 4.78 is 37.1.